The minimum atomic E-state index is 1.05. The highest BCUT2D eigenvalue weighted by atomic mass is 32.2. The van der Waals surface area contributed by atoms with Crippen LogP contribution >= 0.6 is 11.8 Å². The molecule has 2 heteroatoms. The Morgan fingerprint density at radius 1 is 0.958 bits per heavy atom. The molecule has 0 aliphatic heterocycles. The molecule has 0 aliphatic rings. The molecule has 0 amide bonds. The Hall–Kier alpha value is -1.95. The molecule has 0 bridgehead atoms. The molecule has 2 aromatic rings. The summed E-state index contributed by atoms with van der Waals surface area (Å²) < 4.78 is 4.25. The van der Waals surface area contributed by atoms with Gasteiger partial charge in [0.05, 0.1) is 4.91 Å². The molecule has 0 spiro atoms. The maximum absolute atomic E-state index is 4.25. The van der Waals surface area contributed by atoms with Gasteiger partial charge in [0.2, 0.25) is 0 Å². The van der Waals surface area contributed by atoms with Gasteiger partial charge in [0, 0.05) is 24.7 Å². The largest absolute Gasteiger partial charge is 0.388 e. The lowest BCUT2D eigenvalue weighted by molar-refractivity contribution is 0.277. The molecule has 0 aromatic heterocycles. The van der Waals surface area contributed by atoms with Gasteiger partial charge in [0.15, 0.2) is 0 Å². The molecule has 0 heterocycles. The minimum Gasteiger partial charge on any atom is -0.388 e. The van der Waals surface area contributed by atoms with E-state index in [1.165, 1.54) is 10.5 Å². The molecule has 0 N–H and O–H groups in total. The Labute approximate surface area is 152 Å². The zero-order valence-corrected chi connectivity index (χ0v) is 16.4. The lowest BCUT2D eigenvalue weighted by Gasteiger charge is -2.03. The zero-order valence-electron chi connectivity index (χ0n) is 15.6. The number of rotatable bonds is 2. The van der Waals surface area contributed by atoms with E-state index in [1.807, 2.05) is 51.1 Å². The molecule has 0 fully saturated rings. The van der Waals surface area contributed by atoms with Gasteiger partial charge in [-0.1, -0.05) is 79.9 Å². The Bertz CT molecular complexity index is 648. The van der Waals surface area contributed by atoms with E-state index in [0.717, 1.165) is 10.5 Å². The van der Waals surface area contributed by atoms with Crippen molar-refractivity contribution in [3.63, 3.8) is 0 Å². The Morgan fingerprint density at radius 3 is 2.04 bits per heavy atom. The number of benzene rings is 2. The normalized spacial score (nSPS) is 9.50. The maximum Gasteiger partial charge on any atom is 0.0582 e. The average molecular weight is 341 g/mol. The van der Waals surface area contributed by atoms with Gasteiger partial charge in [-0.05, 0) is 37.6 Å². The van der Waals surface area contributed by atoms with Gasteiger partial charge < -0.3 is 4.74 Å². The van der Waals surface area contributed by atoms with Gasteiger partial charge >= 0.3 is 0 Å². The van der Waals surface area contributed by atoms with E-state index in [0.29, 0.717) is 0 Å². The molecule has 0 unspecified atom stereocenters. The van der Waals surface area contributed by atoms with Crippen LogP contribution in [0.3, 0.4) is 0 Å². The fourth-order valence-corrected chi connectivity index (χ4v) is 2.43. The number of hydrogen-bond donors (Lipinski definition) is 0. The first-order chi connectivity index (χ1) is 11.7. The molecular formula is C22H28OS. The van der Waals surface area contributed by atoms with Gasteiger partial charge in [-0.3, -0.25) is 0 Å². The van der Waals surface area contributed by atoms with Crippen LogP contribution in [0.15, 0.2) is 70.5 Å². The van der Waals surface area contributed by atoms with Gasteiger partial charge in [-0.15, -0.1) is 0 Å². The summed E-state index contributed by atoms with van der Waals surface area (Å²) in [6, 6.07) is 18.5. The van der Waals surface area contributed by atoms with E-state index in [2.05, 4.69) is 53.8 Å². The van der Waals surface area contributed by atoms with E-state index in [-0.39, 0.29) is 0 Å². The molecule has 0 saturated heterocycles. The van der Waals surface area contributed by atoms with Crippen LogP contribution in [0.1, 0.15) is 31.9 Å². The highest BCUT2D eigenvalue weighted by Gasteiger charge is 1.99. The summed E-state index contributed by atoms with van der Waals surface area (Å²) in [5.74, 6) is 6.43. The van der Waals surface area contributed by atoms with Crippen molar-refractivity contribution in [3.8, 4) is 11.8 Å². The lowest BCUT2D eigenvalue weighted by atomic mass is 10.2. The predicted molar refractivity (Wildman–Crippen MR) is 108 cm³/mol. The van der Waals surface area contributed by atoms with Crippen LogP contribution in [-0.4, -0.2) is 14.2 Å². The van der Waals surface area contributed by atoms with Gasteiger partial charge in [0.25, 0.3) is 0 Å². The molecule has 128 valence electrons. The monoisotopic (exact) mass is 340 g/mol. The fraction of sp³-hybridized carbons (Fsp3) is 0.273. The highest BCUT2D eigenvalue weighted by molar-refractivity contribution is 8.03. The van der Waals surface area contributed by atoms with Gasteiger partial charge in [0.1, 0.15) is 0 Å². The van der Waals surface area contributed by atoms with Crippen LogP contribution in [-0.2, 0) is 4.74 Å². The van der Waals surface area contributed by atoms with Crippen molar-refractivity contribution in [3.05, 3.63) is 76.7 Å². The van der Waals surface area contributed by atoms with E-state index >= 15 is 0 Å². The molecule has 2 aromatic carbocycles. The first-order valence-electron chi connectivity index (χ1n) is 8.08. The second kappa shape index (κ2) is 14.6. The second-order valence-electron chi connectivity index (χ2n) is 4.54. The summed E-state index contributed by atoms with van der Waals surface area (Å²) in [4.78, 5) is 2.34. The van der Waals surface area contributed by atoms with Crippen molar-refractivity contribution >= 4 is 11.8 Å². The van der Waals surface area contributed by atoms with Crippen LogP contribution in [0.4, 0.5) is 0 Å². The quantitative estimate of drug-likeness (QED) is 0.466. The molecule has 24 heavy (non-hydrogen) atoms. The molecular weight excluding hydrogens is 312 g/mol. The summed E-state index contributed by atoms with van der Waals surface area (Å²) >= 11 is 1.72. The van der Waals surface area contributed by atoms with Gasteiger partial charge in [-0.2, -0.15) is 0 Å². The zero-order chi connectivity index (χ0) is 18.2. The number of methoxy groups -OCH3 is 1. The second-order valence-corrected chi connectivity index (χ2v) is 5.63. The average Bonchev–Trinajstić information content (AvgIpc) is 2.63. The Balaban J connectivity index is 0.000000952. The third-order valence-corrected chi connectivity index (χ3v) is 3.92. The van der Waals surface area contributed by atoms with Crippen LogP contribution in [0, 0.1) is 18.8 Å². The SMILES string of the molecule is C/C=C(/C#Cc1ccccc1)Sc1ccccc1C.CC.COC. The predicted octanol–water partition coefficient (Wildman–Crippen LogP) is 6.33. The Morgan fingerprint density at radius 2 is 1.50 bits per heavy atom. The van der Waals surface area contributed by atoms with Crippen LogP contribution in [0.25, 0.3) is 0 Å². The molecule has 0 aliphatic carbocycles. The van der Waals surface area contributed by atoms with E-state index in [4.69, 9.17) is 0 Å². The van der Waals surface area contributed by atoms with E-state index in [9.17, 15) is 0 Å². The fourth-order valence-electron chi connectivity index (χ4n) is 1.60. The third-order valence-electron chi connectivity index (χ3n) is 2.68. The summed E-state index contributed by atoms with van der Waals surface area (Å²) in [5.41, 5.74) is 2.33. The number of thioether (sulfide) groups is 1. The standard InChI is InChI=1S/C18H16S.C2H6O.C2H6/c1-3-17(14-13-16-10-5-4-6-11-16)19-18-12-8-7-9-15(18)2;1-3-2;1-2/h3-12H,1-2H3;1-2H3;1-2H3/b17-3-;;. The van der Waals surface area contributed by atoms with Crippen molar-refractivity contribution in [1.82, 2.24) is 0 Å². The number of hydrogen-bond acceptors (Lipinski definition) is 2. The summed E-state index contributed by atoms with van der Waals surface area (Å²) in [6.45, 7) is 8.15. The third kappa shape index (κ3) is 9.25. The van der Waals surface area contributed by atoms with Crippen LogP contribution in [0.2, 0.25) is 0 Å². The number of aryl methyl sites for hydroxylation is 1. The molecule has 0 saturated carbocycles. The van der Waals surface area contributed by atoms with Crippen molar-refractivity contribution in [2.45, 2.75) is 32.6 Å². The maximum atomic E-state index is 4.25. The van der Waals surface area contributed by atoms with E-state index in [1.54, 1.807) is 26.0 Å². The highest BCUT2D eigenvalue weighted by Crippen LogP contribution is 2.28. The molecule has 0 atom stereocenters. The summed E-state index contributed by atoms with van der Waals surface area (Å²) in [7, 11) is 3.25. The molecule has 1 nitrogen and oxygen atoms in total. The Kier molecular flexibility index (Phi) is 13.4. The smallest absolute Gasteiger partial charge is 0.0582 e. The van der Waals surface area contributed by atoms with Crippen molar-refractivity contribution in [2.75, 3.05) is 14.2 Å². The first-order valence-corrected chi connectivity index (χ1v) is 8.90. The summed E-state index contributed by atoms with van der Waals surface area (Å²) in [5, 5.41) is 0. The number of ether oxygens (including phenoxy) is 1. The lowest BCUT2D eigenvalue weighted by Crippen LogP contribution is -1.79. The topological polar surface area (TPSA) is 9.23 Å². The minimum absolute atomic E-state index is 1.05. The molecule has 0 radical (unpaired) electrons. The van der Waals surface area contributed by atoms with E-state index < -0.39 is 0 Å². The van der Waals surface area contributed by atoms with Gasteiger partial charge in [-0.25, -0.2) is 0 Å². The first kappa shape index (κ1) is 22.1. The van der Waals surface area contributed by atoms with Crippen LogP contribution in [0.5, 0.6) is 0 Å². The number of allylic oxidation sites excluding steroid dienone is 2. The van der Waals surface area contributed by atoms with Crippen molar-refractivity contribution in [1.29, 1.82) is 0 Å². The summed E-state index contributed by atoms with van der Waals surface area (Å²) in [6.07, 6.45) is 2.06. The molecule has 2 rings (SSSR count). The van der Waals surface area contributed by atoms with Crippen LogP contribution < -0.4 is 0 Å². The van der Waals surface area contributed by atoms with Crippen molar-refractivity contribution in [2.24, 2.45) is 0 Å². The van der Waals surface area contributed by atoms with Crippen molar-refractivity contribution < 1.29 is 4.74 Å².